The standard InChI is InChI=1S/C22H26N2O3/c1-15-9-19(13-23(2)22(15)26)24-12-18-10-17(14-25)3-4-20(18)21(24)11-16-5-7-27-8-6-16/h3-4,9-10,13-14,16,21H,5-8,11-12H2,1-2H3. The first-order chi connectivity index (χ1) is 13.1. The lowest BCUT2D eigenvalue weighted by atomic mass is 9.89. The Morgan fingerprint density at radius 2 is 2.00 bits per heavy atom. The van der Waals surface area contributed by atoms with E-state index in [2.05, 4.69) is 11.0 Å². The Morgan fingerprint density at radius 3 is 2.70 bits per heavy atom. The van der Waals surface area contributed by atoms with Gasteiger partial charge in [0.1, 0.15) is 6.29 Å². The second kappa shape index (κ2) is 7.31. The smallest absolute Gasteiger partial charge is 0.253 e. The molecule has 5 heteroatoms. The Kier molecular flexibility index (Phi) is 4.87. The molecular formula is C22H26N2O3. The van der Waals surface area contributed by atoms with Crippen LogP contribution in [-0.2, 0) is 18.3 Å². The van der Waals surface area contributed by atoms with Crippen LogP contribution in [0.3, 0.4) is 0 Å². The Hall–Kier alpha value is -2.40. The number of rotatable bonds is 4. The first-order valence-corrected chi connectivity index (χ1v) is 9.66. The summed E-state index contributed by atoms with van der Waals surface area (Å²) in [6.45, 7) is 4.32. The fraction of sp³-hybridized carbons (Fsp3) is 0.455. The zero-order chi connectivity index (χ0) is 19.0. The largest absolute Gasteiger partial charge is 0.381 e. The first-order valence-electron chi connectivity index (χ1n) is 9.66. The zero-order valence-corrected chi connectivity index (χ0v) is 16.0. The fourth-order valence-electron chi connectivity index (χ4n) is 4.46. The predicted octanol–water partition coefficient (Wildman–Crippen LogP) is 3.38. The molecule has 1 atom stereocenters. The van der Waals surface area contributed by atoms with Gasteiger partial charge in [0, 0.05) is 44.1 Å². The molecule has 27 heavy (non-hydrogen) atoms. The molecular weight excluding hydrogens is 340 g/mol. The molecule has 2 aliphatic rings. The number of carbonyl (C=O) groups excluding carboxylic acids is 1. The average Bonchev–Trinajstić information content (AvgIpc) is 3.04. The molecule has 3 heterocycles. The number of anilines is 1. The first kappa shape index (κ1) is 18.0. The van der Waals surface area contributed by atoms with E-state index in [0.717, 1.165) is 62.1 Å². The summed E-state index contributed by atoms with van der Waals surface area (Å²) < 4.78 is 7.19. The maximum atomic E-state index is 12.1. The van der Waals surface area contributed by atoms with Crippen LogP contribution in [0.1, 0.15) is 52.4 Å². The number of pyridine rings is 1. The Labute approximate surface area is 159 Å². The van der Waals surface area contributed by atoms with Crippen LogP contribution < -0.4 is 10.5 Å². The molecule has 0 amide bonds. The van der Waals surface area contributed by atoms with Gasteiger partial charge in [-0.3, -0.25) is 9.59 Å². The molecule has 142 valence electrons. The molecule has 2 aliphatic heterocycles. The third kappa shape index (κ3) is 3.44. The van der Waals surface area contributed by atoms with Crippen molar-refractivity contribution in [3.05, 3.63) is 63.1 Å². The highest BCUT2D eigenvalue weighted by molar-refractivity contribution is 5.76. The monoisotopic (exact) mass is 366 g/mol. The summed E-state index contributed by atoms with van der Waals surface area (Å²) in [6.07, 6.45) is 6.10. The molecule has 0 bridgehead atoms. The van der Waals surface area contributed by atoms with Crippen molar-refractivity contribution in [1.29, 1.82) is 0 Å². The van der Waals surface area contributed by atoms with Crippen molar-refractivity contribution in [2.24, 2.45) is 13.0 Å². The third-order valence-electron chi connectivity index (χ3n) is 5.96. The van der Waals surface area contributed by atoms with E-state index in [9.17, 15) is 9.59 Å². The Balaban J connectivity index is 1.72. The van der Waals surface area contributed by atoms with Crippen molar-refractivity contribution in [3.63, 3.8) is 0 Å². The highest BCUT2D eigenvalue weighted by atomic mass is 16.5. The highest BCUT2D eigenvalue weighted by Crippen LogP contribution is 2.42. The summed E-state index contributed by atoms with van der Waals surface area (Å²) in [4.78, 5) is 25.7. The fourth-order valence-corrected chi connectivity index (χ4v) is 4.46. The molecule has 0 N–H and O–H groups in total. The van der Waals surface area contributed by atoms with E-state index in [4.69, 9.17) is 4.74 Å². The molecule has 0 radical (unpaired) electrons. The van der Waals surface area contributed by atoms with Gasteiger partial charge in [-0.25, -0.2) is 0 Å². The second-order valence-electron chi connectivity index (χ2n) is 7.81. The predicted molar refractivity (Wildman–Crippen MR) is 105 cm³/mol. The van der Waals surface area contributed by atoms with Gasteiger partial charge in [-0.2, -0.15) is 0 Å². The SMILES string of the molecule is Cc1cc(N2Cc3cc(C=O)ccc3C2CC2CCOCC2)cn(C)c1=O. The number of hydrogen-bond acceptors (Lipinski definition) is 4. The maximum Gasteiger partial charge on any atom is 0.253 e. The summed E-state index contributed by atoms with van der Waals surface area (Å²) >= 11 is 0. The molecule has 1 saturated heterocycles. The van der Waals surface area contributed by atoms with Gasteiger partial charge in [-0.1, -0.05) is 12.1 Å². The Bertz CT molecular complexity index is 886. The minimum atomic E-state index is 0.0414. The quantitative estimate of drug-likeness (QED) is 0.779. The number of hydrogen-bond donors (Lipinski definition) is 0. The van der Waals surface area contributed by atoms with Crippen LogP contribution in [0.25, 0.3) is 0 Å². The lowest BCUT2D eigenvalue weighted by Crippen LogP contribution is -2.28. The molecule has 0 saturated carbocycles. The topological polar surface area (TPSA) is 51.5 Å². The van der Waals surface area contributed by atoms with Crippen LogP contribution in [-0.4, -0.2) is 24.1 Å². The van der Waals surface area contributed by atoms with Gasteiger partial charge in [0.2, 0.25) is 0 Å². The van der Waals surface area contributed by atoms with E-state index in [-0.39, 0.29) is 11.6 Å². The molecule has 5 nitrogen and oxygen atoms in total. The summed E-state index contributed by atoms with van der Waals surface area (Å²) in [5.41, 5.74) is 5.10. The van der Waals surface area contributed by atoms with Gasteiger partial charge in [-0.05, 0) is 55.4 Å². The van der Waals surface area contributed by atoms with Crippen molar-refractivity contribution in [1.82, 2.24) is 4.57 Å². The van der Waals surface area contributed by atoms with Crippen LogP contribution in [0, 0.1) is 12.8 Å². The number of fused-ring (bicyclic) bond motifs is 1. The molecule has 0 spiro atoms. The lowest BCUT2D eigenvalue weighted by Gasteiger charge is -2.32. The number of nitrogens with zero attached hydrogens (tertiary/aromatic N) is 2. The van der Waals surface area contributed by atoms with Crippen LogP contribution in [0.15, 0.2) is 35.3 Å². The zero-order valence-electron chi connectivity index (χ0n) is 16.0. The molecule has 1 aromatic carbocycles. The average molecular weight is 366 g/mol. The van der Waals surface area contributed by atoms with E-state index < -0.39 is 0 Å². The van der Waals surface area contributed by atoms with Crippen LogP contribution in [0.5, 0.6) is 0 Å². The molecule has 2 aromatic rings. The second-order valence-corrected chi connectivity index (χ2v) is 7.81. The Morgan fingerprint density at radius 1 is 1.22 bits per heavy atom. The summed E-state index contributed by atoms with van der Waals surface area (Å²) in [7, 11) is 1.81. The van der Waals surface area contributed by atoms with Crippen molar-refractivity contribution in [2.45, 2.75) is 38.8 Å². The van der Waals surface area contributed by atoms with Crippen LogP contribution in [0.2, 0.25) is 0 Å². The molecule has 0 aliphatic carbocycles. The summed E-state index contributed by atoms with van der Waals surface area (Å²) in [5, 5.41) is 0. The van der Waals surface area contributed by atoms with E-state index in [1.807, 2.05) is 31.3 Å². The van der Waals surface area contributed by atoms with E-state index in [1.54, 1.807) is 11.6 Å². The van der Waals surface area contributed by atoms with Gasteiger partial charge in [0.15, 0.2) is 0 Å². The normalized spacial score (nSPS) is 19.9. The van der Waals surface area contributed by atoms with Crippen molar-refractivity contribution >= 4 is 12.0 Å². The number of aromatic nitrogens is 1. The van der Waals surface area contributed by atoms with Crippen LogP contribution in [0.4, 0.5) is 5.69 Å². The maximum absolute atomic E-state index is 12.1. The lowest BCUT2D eigenvalue weighted by molar-refractivity contribution is 0.0617. The van der Waals surface area contributed by atoms with Crippen molar-refractivity contribution < 1.29 is 9.53 Å². The highest BCUT2D eigenvalue weighted by Gasteiger charge is 2.33. The summed E-state index contributed by atoms with van der Waals surface area (Å²) in [5.74, 6) is 0.636. The molecule has 1 fully saturated rings. The third-order valence-corrected chi connectivity index (χ3v) is 5.96. The summed E-state index contributed by atoms with van der Waals surface area (Å²) in [6, 6.07) is 8.29. The number of ether oxygens (including phenoxy) is 1. The number of benzene rings is 1. The van der Waals surface area contributed by atoms with Gasteiger partial charge in [0.05, 0.1) is 11.7 Å². The minimum absolute atomic E-state index is 0.0414. The van der Waals surface area contributed by atoms with E-state index in [0.29, 0.717) is 5.92 Å². The van der Waals surface area contributed by atoms with Gasteiger partial charge < -0.3 is 14.2 Å². The van der Waals surface area contributed by atoms with E-state index in [1.165, 1.54) is 11.1 Å². The van der Waals surface area contributed by atoms with Gasteiger partial charge >= 0.3 is 0 Å². The number of aldehydes is 1. The number of carbonyl (C=O) groups is 1. The molecule has 4 rings (SSSR count). The van der Waals surface area contributed by atoms with Gasteiger partial charge in [0.25, 0.3) is 5.56 Å². The van der Waals surface area contributed by atoms with Crippen molar-refractivity contribution in [2.75, 3.05) is 18.1 Å². The molecule has 1 aromatic heterocycles. The van der Waals surface area contributed by atoms with Crippen molar-refractivity contribution in [3.8, 4) is 0 Å². The number of aryl methyl sites for hydroxylation is 2. The minimum Gasteiger partial charge on any atom is -0.381 e. The van der Waals surface area contributed by atoms with Gasteiger partial charge in [-0.15, -0.1) is 0 Å². The molecule has 1 unspecified atom stereocenters. The van der Waals surface area contributed by atoms with E-state index >= 15 is 0 Å². The van der Waals surface area contributed by atoms with Crippen LogP contribution >= 0.6 is 0 Å².